The summed E-state index contributed by atoms with van der Waals surface area (Å²) in [5.41, 5.74) is 0. The topological polar surface area (TPSA) is 72.5 Å². The summed E-state index contributed by atoms with van der Waals surface area (Å²) in [7, 11) is 0. The molecule has 0 aromatic carbocycles. The first-order valence-corrected chi connectivity index (χ1v) is 5.77. The molecule has 5 nitrogen and oxygen atoms in total. The van der Waals surface area contributed by atoms with Gasteiger partial charge in [0.05, 0.1) is 18.4 Å². The van der Waals surface area contributed by atoms with Gasteiger partial charge < -0.3 is 10.1 Å². The predicted octanol–water partition coefficient (Wildman–Crippen LogP) is 0.823. The first-order chi connectivity index (χ1) is 8.74. The molecule has 1 aliphatic carbocycles. The summed E-state index contributed by atoms with van der Waals surface area (Å²) in [5.74, 6) is -4.05. The van der Waals surface area contributed by atoms with Crippen molar-refractivity contribution in [1.82, 2.24) is 5.32 Å². The van der Waals surface area contributed by atoms with Crippen LogP contribution in [0.1, 0.15) is 19.8 Å². The summed E-state index contributed by atoms with van der Waals surface area (Å²) in [6, 6.07) is 0. The molecule has 0 bridgehead atoms. The Morgan fingerprint density at radius 1 is 1.32 bits per heavy atom. The third-order valence-corrected chi connectivity index (χ3v) is 2.77. The van der Waals surface area contributed by atoms with Gasteiger partial charge in [-0.15, -0.1) is 0 Å². The number of Topliss-reactive ketones (excluding diaryl/α,β-unsaturated/α-hetero) is 1. The molecule has 1 aliphatic rings. The molecular formula is C11H14F3NO4. The van der Waals surface area contributed by atoms with Crippen LogP contribution in [0.15, 0.2) is 0 Å². The minimum atomic E-state index is -4.53. The number of hydrogen-bond acceptors (Lipinski definition) is 4. The zero-order valence-electron chi connectivity index (χ0n) is 10.3. The molecule has 0 saturated heterocycles. The number of alkyl halides is 3. The van der Waals surface area contributed by atoms with Crippen LogP contribution in [-0.2, 0) is 19.1 Å². The van der Waals surface area contributed by atoms with Crippen LogP contribution in [0.4, 0.5) is 13.2 Å². The lowest BCUT2D eigenvalue weighted by atomic mass is 9.95. The van der Waals surface area contributed by atoms with Crippen molar-refractivity contribution in [2.24, 2.45) is 11.8 Å². The van der Waals surface area contributed by atoms with Crippen molar-refractivity contribution in [2.75, 3.05) is 13.2 Å². The van der Waals surface area contributed by atoms with Gasteiger partial charge in [-0.2, -0.15) is 13.2 Å². The number of carbonyl (C=O) groups is 3. The van der Waals surface area contributed by atoms with Crippen LogP contribution >= 0.6 is 0 Å². The average molecular weight is 281 g/mol. The van der Waals surface area contributed by atoms with Gasteiger partial charge in [0.25, 0.3) is 0 Å². The van der Waals surface area contributed by atoms with Gasteiger partial charge in [0, 0.05) is 12.8 Å². The first kappa shape index (κ1) is 15.5. The maximum absolute atomic E-state index is 12.0. The van der Waals surface area contributed by atoms with Crippen molar-refractivity contribution >= 4 is 17.7 Å². The van der Waals surface area contributed by atoms with E-state index in [0.717, 1.165) is 0 Å². The lowest BCUT2D eigenvalue weighted by Crippen LogP contribution is -2.40. The molecule has 1 fully saturated rings. The molecule has 1 amide bonds. The molecule has 8 heteroatoms. The molecule has 0 aromatic rings. The highest BCUT2D eigenvalue weighted by Crippen LogP contribution is 2.30. The highest BCUT2D eigenvalue weighted by Gasteiger charge is 2.43. The molecule has 2 unspecified atom stereocenters. The van der Waals surface area contributed by atoms with E-state index in [9.17, 15) is 27.6 Å². The SMILES string of the molecule is CCOC(=O)C1CC(=O)CC1C(=O)NCC(F)(F)F. The maximum Gasteiger partial charge on any atom is 0.405 e. The van der Waals surface area contributed by atoms with E-state index in [-0.39, 0.29) is 25.2 Å². The van der Waals surface area contributed by atoms with Gasteiger partial charge in [-0.25, -0.2) is 0 Å². The van der Waals surface area contributed by atoms with Gasteiger partial charge in [0.15, 0.2) is 0 Å². The first-order valence-electron chi connectivity index (χ1n) is 5.77. The number of ether oxygens (including phenoxy) is 1. The molecule has 19 heavy (non-hydrogen) atoms. The van der Waals surface area contributed by atoms with Crippen LogP contribution in [0.2, 0.25) is 0 Å². The van der Waals surface area contributed by atoms with E-state index in [2.05, 4.69) is 0 Å². The fourth-order valence-corrected chi connectivity index (χ4v) is 1.95. The van der Waals surface area contributed by atoms with E-state index in [0.29, 0.717) is 0 Å². The monoisotopic (exact) mass is 281 g/mol. The molecule has 0 aliphatic heterocycles. The number of ketones is 1. The number of nitrogens with one attached hydrogen (secondary N) is 1. The van der Waals surface area contributed by atoms with Crippen LogP contribution in [0, 0.1) is 11.8 Å². The number of esters is 1. The molecule has 108 valence electrons. The Balaban J connectivity index is 2.65. The second kappa shape index (κ2) is 6.03. The van der Waals surface area contributed by atoms with Gasteiger partial charge in [-0.3, -0.25) is 14.4 Å². The van der Waals surface area contributed by atoms with Crippen LogP contribution in [0.3, 0.4) is 0 Å². The highest BCUT2D eigenvalue weighted by molar-refractivity contribution is 5.96. The molecule has 0 spiro atoms. The van der Waals surface area contributed by atoms with E-state index in [1.165, 1.54) is 0 Å². The fraction of sp³-hybridized carbons (Fsp3) is 0.727. The summed E-state index contributed by atoms with van der Waals surface area (Å²) in [5, 5.41) is 1.69. The summed E-state index contributed by atoms with van der Waals surface area (Å²) in [4.78, 5) is 34.4. The molecular weight excluding hydrogens is 267 g/mol. The Morgan fingerprint density at radius 2 is 1.89 bits per heavy atom. The second-order valence-corrected chi connectivity index (χ2v) is 4.24. The van der Waals surface area contributed by atoms with E-state index in [1.807, 2.05) is 0 Å². The molecule has 0 heterocycles. The number of carbonyl (C=O) groups excluding carboxylic acids is 3. The van der Waals surface area contributed by atoms with Crippen molar-refractivity contribution < 1.29 is 32.3 Å². The number of hydrogen-bond donors (Lipinski definition) is 1. The summed E-state index contributed by atoms with van der Waals surface area (Å²) in [6.07, 6.45) is -4.92. The Labute approximate surface area is 107 Å². The van der Waals surface area contributed by atoms with Gasteiger partial charge >= 0.3 is 12.1 Å². The minimum Gasteiger partial charge on any atom is -0.466 e. The zero-order valence-corrected chi connectivity index (χ0v) is 10.3. The van der Waals surface area contributed by atoms with E-state index in [1.54, 1.807) is 12.2 Å². The molecule has 1 rings (SSSR count). The van der Waals surface area contributed by atoms with Gasteiger partial charge in [-0.1, -0.05) is 0 Å². The smallest absolute Gasteiger partial charge is 0.405 e. The lowest BCUT2D eigenvalue weighted by molar-refractivity contribution is -0.153. The van der Waals surface area contributed by atoms with Crippen LogP contribution in [0.5, 0.6) is 0 Å². The summed E-state index contributed by atoms with van der Waals surface area (Å²) >= 11 is 0. The Hall–Kier alpha value is -1.60. The van der Waals surface area contributed by atoms with Crippen LogP contribution in [-0.4, -0.2) is 37.0 Å². The molecule has 1 saturated carbocycles. The third kappa shape index (κ3) is 4.53. The van der Waals surface area contributed by atoms with Gasteiger partial charge in [0.1, 0.15) is 12.3 Å². The summed E-state index contributed by atoms with van der Waals surface area (Å²) in [6.45, 7) is 0.167. The Morgan fingerprint density at radius 3 is 2.42 bits per heavy atom. The van der Waals surface area contributed by atoms with E-state index in [4.69, 9.17) is 4.74 Å². The van der Waals surface area contributed by atoms with Crippen molar-refractivity contribution in [1.29, 1.82) is 0 Å². The van der Waals surface area contributed by atoms with Gasteiger partial charge in [-0.05, 0) is 6.92 Å². The van der Waals surface area contributed by atoms with Crippen LogP contribution < -0.4 is 5.32 Å². The molecule has 1 N–H and O–H groups in total. The quantitative estimate of drug-likeness (QED) is 0.774. The van der Waals surface area contributed by atoms with Crippen molar-refractivity contribution in [3.63, 3.8) is 0 Å². The number of halogens is 3. The van der Waals surface area contributed by atoms with Crippen molar-refractivity contribution in [3.8, 4) is 0 Å². The molecule has 2 atom stereocenters. The Kier molecular flexibility index (Phi) is 4.90. The Bertz CT molecular complexity index is 381. The number of amides is 1. The van der Waals surface area contributed by atoms with Crippen LogP contribution in [0.25, 0.3) is 0 Å². The second-order valence-electron chi connectivity index (χ2n) is 4.24. The molecule has 0 radical (unpaired) electrons. The summed E-state index contributed by atoms with van der Waals surface area (Å²) < 4.78 is 40.7. The number of rotatable bonds is 4. The maximum atomic E-state index is 12.0. The normalized spacial score (nSPS) is 23.3. The fourth-order valence-electron chi connectivity index (χ4n) is 1.95. The zero-order chi connectivity index (χ0) is 14.6. The molecule has 0 aromatic heterocycles. The largest absolute Gasteiger partial charge is 0.466 e. The van der Waals surface area contributed by atoms with Gasteiger partial charge in [0.2, 0.25) is 5.91 Å². The standard InChI is InChI=1S/C11H14F3NO4/c1-2-19-10(18)8-4-6(16)3-7(8)9(17)15-5-11(12,13)14/h7-8H,2-5H2,1H3,(H,15,17). The van der Waals surface area contributed by atoms with E-state index < -0.39 is 36.4 Å². The predicted molar refractivity (Wildman–Crippen MR) is 56.9 cm³/mol. The third-order valence-electron chi connectivity index (χ3n) is 2.77. The van der Waals surface area contributed by atoms with Crippen molar-refractivity contribution in [2.45, 2.75) is 25.9 Å². The van der Waals surface area contributed by atoms with E-state index >= 15 is 0 Å². The van der Waals surface area contributed by atoms with Crippen molar-refractivity contribution in [3.05, 3.63) is 0 Å². The minimum absolute atomic E-state index is 0.0837. The average Bonchev–Trinajstić information content (AvgIpc) is 2.67. The lowest BCUT2D eigenvalue weighted by Gasteiger charge is -2.17. The highest BCUT2D eigenvalue weighted by atomic mass is 19.4.